The second-order valence-electron chi connectivity index (χ2n) is 4.38. The summed E-state index contributed by atoms with van der Waals surface area (Å²) < 4.78 is 0. The number of hydrogen-bond donors (Lipinski definition) is 3. The number of halogens is 1. The van der Waals surface area contributed by atoms with E-state index in [1.54, 1.807) is 0 Å². The summed E-state index contributed by atoms with van der Waals surface area (Å²) in [6, 6.07) is 0.434. The van der Waals surface area contributed by atoms with E-state index in [2.05, 4.69) is 29.5 Å². The Morgan fingerprint density at radius 1 is 1.22 bits per heavy atom. The first-order valence-electron chi connectivity index (χ1n) is 6.90. The molecule has 0 fully saturated rings. The van der Waals surface area contributed by atoms with Crippen molar-refractivity contribution in [3.8, 4) is 0 Å². The molecule has 5 heteroatoms. The maximum atomic E-state index is 8.76. The molecule has 0 radical (unpaired) electrons. The van der Waals surface area contributed by atoms with E-state index in [0.29, 0.717) is 12.6 Å². The van der Waals surface area contributed by atoms with E-state index in [1.165, 1.54) is 32.1 Å². The zero-order chi connectivity index (χ0) is 12.9. The number of guanidine groups is 1. The molecule has 18 heavy (non-hydrogen) atoms. The van der Waals surface area contributed by atoms with Crippen molar-refractivity contribution in [2.45, 2.75) is 58.9 Å². The normalized spacial score (nSPS) is 12.8. The molecule has 0 aliphatic carbocycles. The van der Waals surface area contributed by atoms with Crippen LogP contribution in [0.4, 0.5) is 0 Å². The average molecular weight is 371 g/mol. The first kappa shape index (κ1) is 20.3. The predicted octanol–water partition coefficient (Wildman–Crippen LogP) is 2.51. The van der Waals surface area contributed by atoms with Crippen molar-refractivity contribution in [3.05, 3.63) is 0 Å². The molecule has 3 N–H and O–H groups in total. The van der Waals surface area contributed by atoms with Gasteiger partial charge in [-0.3, -0.25) is 4.99 Å². The number of aliphatic hydroxyl groups excluding tert-OH is 1. The summed E-state index contributed by atoms with van der Waals surface area (Å²) in [5.74, 6) is 0.810. The third-order valence-electron chi connectivity index (χ3n) is 2.59. The van der Waals surface area contributed by atoms with Gasteiger partial charge in [0.05, 0.1) is 13.2 Å². The average Bonchev–Trinajstić information content (AvgIpc) is 2.32. The molecule has 0 amide bonds. The van der Waals surface area contributed by atoms with Crippen LogP contribution in [0.3, 0.4) is 0 Å². The van der Waals surface area contributed by atoms with Crippen molar-refractivity contribution in [2.75, 3.05) is 19.7 Å². The monoisotopic (exact) mass is 371 g/mol. The highest BCUT2D eigenvalue weighted by atomic mass is 127. The molecule has 0 heterocycles. The predicted molar refractivity (Wildman–Crippen MR) is 89.8 cm³/mol. The van der Waals surface area contributed by atoms with Gasteiger partial charge in [0.1, 0.15) is 0 Å². The molecule has 0 bridgehead atoms. The van der Waals surface area contributed by atoms with Gasteiger partial charge in [-0.1, -0.05) is 32.6 Å². The first-order chi connectivity index (χ1) is 8.24. The summed E-state index contributed by atoms with van der Waals surface area (Å²) >= 11 is 0. The van der Waals surface area contributed by atoms with Gasteiger partial charge in [-0.15, -0.1) is 24.0 Å². The minimum atomic E-state index is 0. The molecular formula is C13H30IN3O. The molecule has 0 aromatic heterocycles. The summed E-state index contributed by atoms with van der Waals surface area (Å²) in [5, 5.41) is 15.3. The van der Waals surface area contributed by atoms with E-state index in [9.17, 15) is 0 Å². The number of nitrogens with zero attached hydrogens (tertiary/aromatic N) is 1. The minimum absolute atomic E-state index is 0. The zero-order valence-corrected chi connectivity index (χ0v) is 14.4. The highest BCUT2D eigenvalue weighted by Gasteiger charge is 2.04. The molecular weight excluding hydrogens is 341 g/mol. The molecule has 110 valence electrons. The second-order valence-corrected chi connectivity index (χ2v) is 4.38. The third-order valence-corrected chi connectivity index (χ3v) is 2.59. The van der Waals surface area contributed by atoms with Crippen LogP contribution in [0.15, 0.2) is 4.99 Å². The van der Waals surface area contributed by atoms with Gasteiger partial charge in [-0.05, 0) is 20.3 Å². The molecule has 0 aromatic carbocycles. The molecule has 4 nitrogen and oxygen atoms in total. The number of aliphatic hydroxyl groups is 1. The van der Waals surface area contributed by atoms with E-state index in [-0.39, 0.29) is 30.6 Å². The Balaban J connectivity index is 0. The Bertz CT molecular complexity index is 201. The van der Waals surface area contributed by atoms with Crippen molar-refractivity contribution in [1.82, 2.24) is 10.6 Å². The summed E-state index contributed by atoms with van der Waals surface area (Å²) in [4.78, 5) is 4.26. The first-order valence-corrected chi connectivity index (χ1v) is 6.90. The Kier molecular flexibility index (Phi) is 16.9. The van der Waals surface area contributed by atoms with Crippen molar-refractivity contribution < 1.29 is 5.11 Å². The second kappa shape index (κ2) is 15.0. The van der Waals surface area contributed by atoms with E-state index in [4.69, 9.17) is 5.11 Å². The minimum Gasteiger partial charge on any atom is -0.394 e. The SMILES string of the molecule is CCCCCCC(C)NC(=NCCO)NCC.I. The molecule has 0 saturated carbocycles. The number of unbranched alkanes of at least 4 members (excludes halogenated alkanes) is 3. The van der Waals surface area contributed by atoms with E-state index in [1.807, 2.05) is 6.92 Å². The fraction of sp³-hybridized carbons (Fsp3) is 0.923. The molecule has 1 atom stereocenters. The van der Waals surface area contributed by atoms with Crippen molar-refractivity contribution in [1.29, 1.82) is 0 Å². The maximum Gasteiger partial charge on any atom is 0.191 e. The van der Waals surface area contributed by atoms with Gasteiger partial charge in [0.15, 0.2) is 5.96 Å². The van der Waals surface area contributed by atoms with E-state index >= 15 is 0 Å². The molecule has 1 unspecified atom stereocenters. The Labute approximate surface area is 129 Å². The van der Waals surface area contributed by atoms with E-state index in [0.717, 1.165) is 12.5 Å². The Morgan fingerprint density at radius 2 is 1.94 bits per heavy atom. The van der Waals surface area contributed by atoms with Gasteiger partial charge in [0.25, 0.3) is 0 Å². The Hall–Kier alpha value is -0.0400. The lowest BCUT2D eigenvalue weighted by Crippen LogP contribution is -2.42. The number of nitrogens with one attached hydrogen (secondary N) is 2. The maximum absolute atomic E-state index is 8.76. The third kappa shape index (κ3) is 12.4. The zero-order valence-electron chi connectivity index (χ0n) is 12.0. The molecule has 0 spiro atoms. The van der Waals surface area contributed by atoms with Crippen LogP contribution >= 0.6 is 24.0 Å². The van der Waals surface area contributed by atoms with Gasteiger partial charge < -0.3 is 15.7 Å². The molecule has 0 aromatic rings. The number of hydrogen-bond acceptors (Lipinski definition) is 2. The van der Waals surface area contributed by atoms with Gasteiger partial charge in [0.2, 0.25) is 0 Å². The van der Waals surface area contributed by atoms with Gasteiger partial charge in [0, 0.05) is 12.6 Å². The van der Waals surface area contributed by atoms with Crippen LogP contribution < -0.4 is 10.6 Å². The van der Waals surface area contributed by atoms with Crippen LogP contribution in [0.25, 0.3) is 0 Å². The topological polar surface area (TPSA) is 56.7 Å². The summed E-state index contributed by atoms with van der Waals surface area (Å²) in [6.45, 7) is 7.85. The highest BCUT2D eigenvalue weighted by molar-refractivity contribution is 14.0. The molecule has 0 aliphatic rings. The summed E-state index contributed by atoms with van der Waals surface area (Å²) in [7, 11) is 0. The lowest BCUT2D eigenvalue weighted by molar-refractivity contribution is 0.306. The van der Waals surface area contributed by atoms with E-state index < -0.39 is 0 Å². The van der Waals surface area contributed by atoms with Gasteiger partial charge >= 0.3 is 0 Å². The van der Waals surface area contributed by atoms with Crippen LogP contribution in [-0.2, 0) is 0 Å². The van der Waals surface area contributed by atoms with Crippen molar-refractivity contribution in [3.63, 3.8) is 0 Å². The van der Waals surface area contributed by atoms with Crippen LogP contribution in [0.2, 0.25) is 0 Å². The lowest BCUT2D eigenvalue weighted by atomic mass is 10.1. The number of rotatable bonds is 9. The van der Waals surface area contributed by atoms with Crippen molar-refractivity contribution >= 4 is 29.9 Å². The molecule has 0 rings (SSSR count). The quantitative estimate of drug-likeness (QED) is 0.253. The number of aliphatic imine (C=N–C) groups is 1. The van der Waals surface area contributed by atoms with Crippen LogP contribution in [0, 0.1) is 0 Å². The standard InChI is InChI=1S/C13H29N3O.HI/c1-4-6-7-8-9-12(3)16-13(14-5-2)15-10-11-17;/h12,17H,4-11H2,1-3H3,(H2,14,15,16);1H. The Morgan fingerprint density at radius 3 is 2.50 bits per heavy atom. The smallest absolute Gasteiger partial charge is 0.191 e. The van der Waals surface area contributed by atoms with Crippen LogP contribution in [0.1, 0.15) is 52.9 Å². The van der Waals surface area contributed by atoms with Gasteiger partial charge in [-0.25, -0.2) is 0 Å². The molecule has 0 saturated heterocycles. The fourth-order valence-electron chi connectivity index (χ4n) is 1.66. The fourth-order valence-corrected chi connectivity index (χ4v) is 1.66. The summed E-state index contributed by atoms with van der Waals surface area (Å²) in [5.41, 5.74) is 0. The van der Waals surface area contributed by atoms with Gasteiger partial charge in [-0.2, -0.15) is 0 Å². The largest absolute Gasteiger partial charge is 0.394 e. The summed E-state index contributed by atoms with van der Waals surface area (Å²) in [6.07, 6.45) is 6.35. The molecule has 0 aliphatic heterocycles. The van der Waals surface area contributed by atoms with Crippen LogP contribution in [-0.4, -0.2) is 36.8 Å². The van der Waals surface area contributed by atoms with Crippen molar-refractivity contribution in [2.24, 2.45) is 4.99 Å². The lowest BCUT2D eigenvalue weighted by Gasteiger charge is -2.17. The van der Waals surface area contributed by atoms with Crippen LogP contribution in [0.5, 0.6) is 0 Å². The highest BCUT2D eigenvalue weighted by Crippen LogP contribution is 2.04.